The Bertz CT molecular complexity index is 495. The Balaban J connectivity index is 1.76. The first-order valence-corrected chi connectivity index (χ1v) is 7.21. The zero-order chi connectivity index (χ0) is 13.5. The molecule has 19 heavy (non-hydrogen) atoms. The minimum Gasteiger partial charge on any atom is -0.384 e. The normalized spacial score (nSPS) is 24.7. The SMILES string of the molecule is CC1(C)CCCN1C(=O)C1CNc2ccccc2C1. The Morgan fingerprint density at radius 2 is 2.16 bits per heavy atom. The molecule has 2 aliphatic heterocycles. The molecule has 1 aromatic rings. The van der Waals surface area contributed by atoms with E-state index in [0.29, 0.717) is 5.91 Å². The zero-order valence-corrected chi connectivity index (χ0v) is 11.8. The van der Waals surface area contributed by atoms with Crippen molar-refractivity contribution in [2.24, 2.45) is 5.92 Å². The predicted octanol–water partition coefficient (Wildman–Crippen LogP) is 2.67. The van der Waals surface area contributed by atoms with E-state index in [1.54, 1.807) is 0 Å². The van der Waals surface area contributed by atoms with E-state index in [2.05, 4.69) is 36.2 Å². The maximum Gasteiger partial charge on any atom is 0.228 e. The second-order valence-corrected chi connectivity index (χ2v) is 6.34. The fourth-order valence-corrected chi connectivity index (χ4v) is 3.35. The molecule has 102 valence electrons. The third-order valence-electron chi connectivity index (χ3n) is 4.54. The molecule has 3 rings (SSSR count). The number of anilines is 1. The van der Waals surface area contributed by atoms with Crippen LogP contribution in [0.4, 0.5) is 5.69 Å². The Morgan fingerprint density at radius 1 is 1.37 bits per heavy atom. The van der Waals surface area contributed by atoms with Crippen LogP contribution in [0.25, 0.3) is 0 Å². The van der Waals surface area contributed by atoms with E-state index >= 15 is 0 Å². The van der Waals surface area contributed by atoms with Crippen LogP contribution in [-0.4, -0.2) is 29.4 Å². The van der Waals surface area contributed by atoms with Gasteiger partial charge in [-0.3, -0.25) is 4.79 Å². The van der Waals surface area contributed by atoms with E-state index in [1.165, 1.54) is 11.3 Å². The quantitative estimate of drug-likeness (QED) is 0.840. The molecule has 1 amide bonds. The van der Waals surface area contributed by atoms with E-state index < -0.39 is 0 Å². The molecule has 1 fully saturated rings. The maximum atomic E-state index is 12.7. The van der Waals surface area contributed by atoms with E-state index in [9.17, 15) is 4.79 Å². The lowest BCUT2D eigenvalue weighted by molar-refractivity contribution is -0.138. The van der Waals surface area contributed by atoms with Crippen molar-refractivity contribution in [2.75, 3.05) is 18.4 Å². The van der Waals surface area contributed by atoms with Crippen molar-refractivity contribution in [3.8, 4) is 0 Å². The molecule has 0 radical (unpaired) electrons. The molecule has 0 aromatic heterocycles. The van der Waals surface area contributed by atoms with Gasteiger partial charge in [0.25, 0.3) is 0 Å². The molecule has 1 saturated heterocycles. The smallest absolute Gasteiger partial charge is 0.228 e. The Labute approximate surface area is 115 Å². The molecule has 2 aliphatic rings. The van der Waals surface area contributed by atoms with Gasteiger partial charge in [-0.05, 0) is 44.7 Å². The van der Waals surface area contributed by atoms with Crippen molar-refractivity contribution in [3.63, 3.8) is 0 Å². The van der Waals surface area contributed by atoms with Crippen molar-refractivity contribution in [1.29, 1.82) is 0 Å². The van der Waals surface area contributed by atoms with Gasteiger partial charge in [0.2, 0.25) is 5.91 Å². The van der Waals surface area contributed by atoms with Crippen molar-refractivity contribution in [2.45, 2.75) is 38.6 Å². The van der Waals surface area contributed by atoms with E-state index in [0.717, 1.165) is 32.4 Å². The first-order chi connectivity index (χ1) is 9.08. The van der Waals surface area contributed by atoms with Gasteiger partial charge in [-0.1, -0.05) is 18.2 Å². The van der Waals surface area contributed by atoms with Gasteiger partial charge < -0.3 is 10.2 Å². The highest BCUT2D eigenvalue weighted by Crippen LogP contribution is 2.32. The first-order valence-electron chi connectivity index (χ1n) is 7.21. The van der Waals surface area contributed by atoms with Crippen molar-refractivity contribution in [1.82, 2.24) is 4.90 Å². The highest BCUT2D eigenvalue weighted by molar-refractivity contribution is 5.82. The average Bonchev–Trinajstić information content (AvgIpc) is 2.77. The number of nitrogens with zero attached hydrogens (tertiary/aromatic N) is 1. The Kier molecular flexibility index (Phi) is 3.00. The molecule has 1 N–H and O–H groups in total. The average molecular weight is 258 g/mol. The highest BCUT2D eigenvalue weighted by atomic mass is 16.2. The lowest BCUT2D eigenvalue weighted by Gasteiger charge is -2.36. The topological polar surface area (TPSA) is 32.3 Å². The van der Waals surface area contributed by atoms with E-state index in [-0.39, 0.29) is 11.5 Å². The van der Waals surface area contributed by atoms with Gasteiger partial charge in [0.05, 0.1) is 5.92 Å². The van der Waals surface area contributed by atoms with Crippen molar-refractivity contribution < 1.29 is 4.79 Å². The minimum atomic E-state index is 0.0358. The minimum absolute atomic E-state index is 0.0358. The number of rotatable bonds is 1. The molecular weight excluding hydrogens is 236 g/mol. The molecule has 0 aliphatic carbocycles. The summed E-state index contributed by atoms with van der Waals surface area (Å²) in [7, 11) is 0. The fraction of sp³-hybridized carbons (Fsp3) is 0.562. The number of fused-ring (bicyclic) bond motifs is 1. The maximum absolute atomic E-state index is 12.7. The summed E-state index contributed by atoms with van der Waals surface area (Å²) in [5.41, 5.74) is 2.49. The molecule has 0 bridgehead atoms. The Hall–Kier alpha value is -1.51. The van der Waals surface area contributed by atoms with Crippen molar-refractivity contribution >= 4 is 11.6 Å². The summed E-state index contributed by atoms with van der Waals surface area (Å²) in [6.45, 7) is 6.05. The van der Waals surface area contributed by atoms with Gasteiger partial charge in [0, 0.05) is 24.3 Å². The second kappa shape index (κ2) is 4.55. The van der Waals surface area contributed by atoms with Crippen LogP contribution in [0, 0.1) is 5.92 Å². The van der Waals surface area contributed by atoms with Gasteiger partial charge in [-0.2, -0.15) is 0 Å². The molecule has 1 unspecified atom stereocenters. The molecule has 2 heterocycles. The van der Waals surface area contributed by atoms with Crippen LogP contribution in [0.2, 0.25) is 0 Å². The van der Waals surface area contributed by atoms with Crippen LogP contribution < -0.4 is 5.32 Å². The summed E-state index contributed by atoms with van der Waals surface area (Å²) < 4.78 is 0. The van der Waals surface area contributed by atoms with Gasteiger partial charge in [-0.15, -0.1) is 0 Å². The van der Waals surface area contributed by atoms with Gasteiger partial charge >= 0.3 is 0 Å². The standard InChI is InChI=1S/C16H22N2O/c1-16(2)8-5-9-18(16)15(19)13-10-12-6-3-4-7-14(12)17-11-13/h3-4,6-7,13,17H,5,8-11H2,1-2H3. The molecule has 0 spiro atoms. The van der Waals surface area contributed by atoms with Crippen LogP contribution >= 0.6 is 0 Å². The van der Waals surface area contributed by atoms with Crippen LogP contribution in [0.1, 0.15) is 32.3 Å². The lowest BCUT2D eigenvalue weighted by atomic mass is 9.91. The third kappa shape index (κ3) is 2.22. The number of carbonyl (C=O) groups excluding carboxylic acids is 1. The number of hydrogen-bond acceptors (Lipinski definition) is 2. The number of hydrogen-bond donors (Lipinski definition) is 1. The summed E-state index contributed by atoms with van der Waals surface area (Å²) >= 11 is 0. The number of amides is 1. The largest absolute Gasteiger partial charge is 0.384 e. The fourth-order valence-electron chi connectivity index (χ4n) is 3.35. The number of benzene rings is 1. The van der Waals surface area contributed by atoms with Crippen LogP contribution in [-0.2, 0) is 11.2 Å². The zero-order valence-electron chi connectivity index (χ0n) is 11.8. The molecule has 0 saturated carbocycles. The third-order valence-corrected chi connectivity index (χ3v) is 4.54. The van der Waals surface area contributed by atoms with Gasteiger partial charge in [0.1, 0.15) is 0 Å². The van der Waals surface area contributed by atoms with E-state index in [4.69, 9.17) is 0 Å². The summed E-state index contributed by atoms with van der Waals surface area (Å²) in [6.07, 6.45) is 3.12. The number of likely N-dealkylation sites (tertiary alicyclic amines) is 1. The monoisotopic (exact) mass is 258 g/mol. The summed E-state index contributed by atoms with van der Waals surface area (Å²) in [4.78, 5) is 14.8. The van der Waals surface area contributed by atoms with Crippen LogP contribution in [0.3, 0.4) is 0 Å². The first kappa shape index (κ1) is 12.5. The number of carbonyl (C=O) groups is 1. The molecule has 3 nitrogen and oxygen atoms in total. The summed E-state index contributed by atoms with van der Waals surface area (Å²) in [6, 6.07) is 8.30. The lowest BCUT2D eigenvalue weighted by Crippen LogP contribution is -2.48. The number of para-hydroxylation sites is 1. The Morgan fingerprint density at radius 3 is 2.89 bits per heavy atom. The van der Waals surface area contributed by atoms with Crippen LogP contribution in [0.15, 0.2) is 24.3 Å². The molecular formula is C16H22N2O. The number of nitrogens with one attached hydrogen (secondary N) is 1. The second-order valence-electron chi connectivity index (χ2n) is 6.34. The van der Waals surface area contributed by atoms with Gasteiger partial charge in [-0.25, -0.2) is 0 Å². The highest BCUT2D eigenvalue weighted by Gasteiger charge is 2.39. The predicted molar refractivity (Wildman–Crippen MR) is 77.2 cm³/mol. The van der Waals surface area contributed by atoms with Gasteiger partial charge in [0.15, 0.2) is 0 Å². The molecule has 1 aromatic carbocycles. The summed E-state index contributed by atoms with van der Waals surface area (Å²) in [5, 5.41) is 3.40. The van der Waals surface area contributed by atoms with Crippen molar-refractivity contribution in [3.05, 3.63) is 29.8 Å². The van der Waals surface area contributed by atoms with E-state index in [1.807, 2.05) is 12.1 Å². The molecule has 3 heteroatoms. The molecule has 1 atom stereocenters. The van der Waals surface area contributed by atoms with Crippen LogP contribution in [0.5, 0.6) is 0 Å². The summed E-state index contributed by atoms with van der Waals surface area (Å²) in [5.74, 6) is 0.414.